The average molecular weight is 419 g/mol. The molecule has 0 heterocycles. The summed E-state index contributed by atoms with van der Waals surface area (Å²) in [6.45, 7) is 4.68. The molecule has 3 N–H and O–H groups in total. The average Bonchev–Trinajstić information content (AvgIpc) is 2.52. The number of halogens is 1. The first-order chi connectivity index (χ1) is 12.8. The van der Waals surface area contributed by atoms with Crippen LogP contribution in [0.1, 0.15) is 27.2 Å². The van der Waals surface area contributed by atoms with Gasteiger partial charge in [0.05, 0.1) is 4.92 Å². The van der Waals surface area contributed by atoms with Crippen molar-refractivity contribution in [2.75, 3.05) is 0 Å². The summed E-state index contributed by atoms with van der Waals surface area (Å²) in [5.41, 5.74) is -1.49. The second kappa shape index (κ2) is 9.22. The molecule has 0 fully saturated rings. The molecule has 12 heteroatoms. The van der Waals surface area contributed by atoms with Crippen molar-refractivity contribution in [3.05, 3.63) is 33.3 Å². The number of aliphatic carboxylic acids is 2. The Hall–Kier alpha value is -3.08. The van der Waals surface area contributed by atoms with Crippen LogP contribution in [0.2, 0.25) is 5.02 Å². The number of nitro benzene ring substituents is 1. The Labute approximate surface area is 164 Å². The molecule has 0 bridgehead atoms. The number of alkyl carbamates (subject to hydrolysis) is 1. The Balaban J connectivity index is 3.02. The summed E-state index contributed by atoms with van der Waals surface area (Å²) >= 11 is 5.68. The monoisotopic (exact) mass is 418 g/mol. The highest BCUT2D eigenvalue weighted by molar-refractivity contribution is 6.30. The predicted molar refractivity (Wildman–Crippen MR) is 95.6 cm³/mol. The summed E-state index contributed by atoms with van der Waals surface area (Å²) in [4.78, 5) is 44.9. The number of carboxylic acid groups (broad SMARTS) is 2. The number of carboxylic acids is 2. The van der Waals surface area contributed by atoms with Crippen LogP contribution in [0.3, 0.4) is 0 Å². The van der Waals surface area contributed by atoms with E-state index in [1.807, 2.05) is 5.32 Å². The molecule has 0 aliphatic heterocycles. The fourth-order valence-electron chi connectivity index (χ4n) is 1.97. The number of rotatable bonds is 8. The van der Waals surface area contributed by atoms with Crippen LogP contribution >= 0.6 is 11.6 Å². The van der Waals surface area contributed by atoms with Gasteiger partial charge in [0, 0.05) is 17.5 Å². The minimum Gasteiger partial charge on any atom is -0.480 e. The zero-order valence-corrected chi connectivity index (χ0v) is 15.9. The molecule has 11 nitrogen and oxygen atoms in total. The van der Waals surface area contributed by atoms with Gasteiger partial charge in [0.25, 0.3) is 0 Å². The Morgan fingerprint density at radius 2 is 1.86 bits per heavy atom. The third-order valence-electron chi connectivity index (χ3n) is 3.10. The van der Waals surface area contributed by atoms with Crippen molar-refractivity contribution >= 4 is 35.3 Å². The molecule has 1 aromatic carbocycles. The zero-order chi connectivity index (χ0) is 21.6. The predicted octanol–water partition coefficient (Wildman–Crippen LogP) is 2.45. The van der Waals surface area contributed by atoms with Gasteiger partial charge in [0.2, 0.25) is 0 Å². The molecule has 1 aromatic rings. The van der Waals surface area contributed by atoms with E-state index in [9.17, 15) is 34.7 Å². The zero-order valence-electron chi connectivity index (χ0n) is 15.2. The maximum Gasteiger partial charge on any atom is 0.408 e. The fourth-order valence-corrected chi connectivity index (χ4v) is 2.14. The van der Waals surface area contributed by atoms with E-state index in [0.29, 0.717) is 0 Å². The largest absolute Gasteiger partial charge is 0.480 e. The number of nitro groups is 1. The van der Waals surface area contributed by atoms with Gasteiger partial charge in [-0.25, -0.2) is 14.4 Å². The number of nitrogens with zero attached hydrogens (tertiary/aromatic N) is 1. The van der Waals surface area contributed by atoms with Gasteiger partial charge in [-0.2, -0.15) is 0 Å². The summed E-state index contributed by atoms with van der Waals surface area (Å²) in [5.74, 6) is -3.53. The summed E-state index contributed by atoms with van der Waals surface area (Å²) in [7, 11) is 0. The Morgan fingerprint density at radius 3 is 2.32 bits per heavy atom. The molecule has 0 spiro atoms. The molecule has 0 aromatic heterocycles. The van der Waals surface area contributed by atoms with E-state index in [1.165, 1.54) is 6.07 Å². The highest BCUT2D eigenvalue weighted by Gasteiger charge is 2.32. The molecule has 1 amide bonds. The van der Waals surface area contributed by atoms with Crippen LogP contribution in [-0.2, 0) is 14.3 Å². The normalized spacial score (nSPS) is 13.1. The minimum absolute atomic E-state index is 0.0286. The molecular formula is C16H19ClN2O9. The van der Waals surface area contributed by atoms with E-state index in [1.54, 1.807) is 20.8 Å². The smallest absolute Gasteiger partial charge is 0.408 e. The van der Waals surface area contributed by atoms with Gasteiger partial charge in [-0.1, -0.05) is 11.6 Å². The molecular weight excluding hydrogens is 400 g/mol. The van der Waals surface area contributed by atoms with E-state index in [-0.39, 0.29) is 5.02 Å². The van der Waals surface area contributed by atoms with Crippen molar-refractivity contribution in [2.45, 2.75) is 44.9 Å². The van der Waals surface area contributed by atoms with Crippen LogP contribution in [0.25, 0.3) is 0 Å². The summed E-state index contributed by atoms with van der Waals surface area (Å²) < 4.78 is 10.1. The quantitative estimate of drug-likeness (QED) is 0.424. The van der Waals surface area contributed by atoms with Crippen molar-refractivity contribution in [3.8, 4) is 5.75 Å². The lowest BCUT2D eigenvalue weighted by Crippen LogP contribution is -2.47. The van der Waals surface area contributed by atoms with Crippen molar-refractivity contribution in [1.29, 1.82) is 0 Å². The van der Waals surface area contributed by atoms with E-state index in [2.05, 4.69) is 0 Å². The first-order valence-corrected chi connectivity index (χ1v) is 8.23. The van der Waals surface area contributed by atoms with Crippen molar-refractivity contribution < 1.29 is 39.0 Å². The van der Waals surface area contributed by atoms with Crippen LogP contribution in [0.5, 0.6) is 5.75 Å². The van der Waals surface area contributed by atoms with Gasteiger partial charge in [-0.15, -0.1) is 0 Å². The van der Waals surface area contributed by atoms with E-state index in [0.717, 1.165) is 12.1 Å². The Bertz CT molecular complexity index is 776. The second-order valence-electron chi connectivity index (χ2n) is 6.59. The number of amides is 1. The first kappa shape index (κ1) is 23.0. The van der Waals surface area contributed by atoms with E-state index < -0.39 is 58.6 Å². The van der Waals surface area contributed by atoms with Crippen molar-refractivity contribution in [3.63, 3.8) is 0 Å². The number of hydrogen-bond donors (Lipinski definition) is 3. The Kier molecular flexibility index (Phi) is 7.56. The molecule has 0 aliphatic rings. The SMILES string of the molecule is CC(C)(C)OC(=O)N[C@@H](C[C@H](Oc1ccc(Cl)cc1[N+](=O)[O-])C(=O)O)C(=O)O. The molecule has 0 unspecified atom stereocenters. The lowest BCUT2D eigenvalue weighted by Gasteiger charge is -2.23. The standard InChI is InChI=1S/C16H19ClN2O9/c1-16(2,3)28-15(24)18-9(13(20)21)7-12(14(22)23)27-11-5-4-8(17)6-10(11)19(25)26/h4-6,9,12H,7H2,1-3H3,(H,18,24)(H,20,21)(H,22,23)/t9-,12-/m0/s1. The van der Waals surface area contributed by atoms with E-state index >= 15 is 0 Å². The topological polar surface area (TPSA) is 165 Å². The summed E-state index contributed by atoms with van der Waals surface area (Å²) in [6.07, 6.45) is -3.60. The molecule has 0 saturated carbocycles. The van der Waals surface area contributed by atoms with Crippen LogP contribution in [0.15, 0.2) is 18.2 Å². The minimum atomic E-state index is -1.81. The molecule has 0 radical (unpaired) electrons. The molecule has 0 saturated heterocycles. The van der Waals surface area contributed by atoms with Crippen LogP contribution in [-0.4, -0.2) is 50.9 Å². The summed E-state index contributed by atoms with van der Waals surface area (Å²) in [6, 6.07) is 1.62. The van der Waals surface area contributed by atoms with Crippen LogP contribution in [0, 0.1) is 10.1 Å². The number of ether oxygens (including phenoxy) is 2. The van der Waals surface area contributed by atoms with Crippen molar-refractivity contribution in [2.24, 2.45) is 0 Å². The highest BCUT2D eigenvalue weighted by Crippen LogP contribution is 2.31. The first-order valence-electron chi connectivity index (χ1n) is 7.86. The van der Waals surface area contributed by atoms with Gasteiger partial charge in [-0.3, -0.25) is 10.1 Å². The van der Waals surface area contributed by atoms with Gasteiger partial charge in [-0.05, 0) is 32.9 Å². The molecule has 154 valence electrons. The number of carbonyl (C=O) groups excluding carboxylic acids is 1. The number of nitrogens with one attached hydrogen (secondary N) is 1. The van der Waals surface area contributed by atoms with Gasteiger partial charge >= 0.3 is 23.7 Å². The van der Waals surface area contributed by atoms with Crippen LogP contribution < -0.4 is 10.1 Å². The number of carbonyl (C=O) groups is 3. The fraction of sp³-hybridized carbons (Fsp3) is 0.438. The summed E-state index contributed by atoms with van der Waals surface area (Å²) in [5, 5.41) is 31.7. The third kappa shape index (κ3) is 7.27. The number of hydrogen-bond acceptors (Lipinski definition) is 7. The molecule has 0 aliphatic carbocycles. The van der Waals surface area contributed by atoms with Gasteiger partial charge in [0.15, 0.2) is 11.9 Å². The lowest BCUT2D eigenvalue weighted by atomic mass is 10.1. The third-order valence-corrected chi connectivity index (χ3v) is 3.34. The lowest BCUT2D eigenvalue weighted by molar-refractivity contribution is -0.386. The second-order valence-corrected chi connectivity index (χ2v) is 7.02. The van der Waals surface area contributed by atoms with Gasteiger partial charge in [0.1, 0.15) is 11.6 Å². The van der Waals surface area contributed by atoms with E-state index in [4.69, 9.17) is 21.1 Å². The van der Waals surface area contributed by atoms with Crippen molar-refractivity contribution in [1.82, 2.24) is 5.32 Å². The maximum absolute atomic E-state index is 11.8. The Morgan fingerprint density at radius 1 is 1.25 bits per heavy atom. The maximum atomic E-state index is 11.8. The van der Waals surface area contributed by atoms with Crippen LogP contribution in [0.4, 0.5) is 10.5 Å². The molecule has 2 atom stereocenters. The molecule has 28 heavy (non-hydrogen) atoms. The molecule has 1 rings (SSSR count). The number of benzene rings is 1. The highest BCUT2D eigenvalue weighted by atomic mass is 35.5. The van der Waals surface area contributed by atoms with Gasteiger partial charge < -0.3 is 25.0 Å².